The van der Waals surface area contributed by atoms with E-state index in [0.29, 0.717) is 11.5 Å². The van der Waals surface area contributed by atoms with Crippen molar-refractivity contribution in [3.63, 3.8) is 0 Å². The number of hydrogen-bond donors (Lipinski definition) is 0. The molecule has 0 heterocycles. The van der Waals surface area contributed by atoms with E-state index in [1.807, 2.05) is 18.2 Å². The Bertz CT molecular complexity index is 767. The summed E-state index contributed by atoms with van der Waals surface area (Å²) in [6.07, 6.45) is 9.72. The highest BCUT2D eigenvalue weighted by Crippen LogP contribution is 2.44. The minimum Gasteiger partial charge on any atom is -0.495 e. The third kappa shape index (κ3) is 3.78. The molecule has 3 rings (SSSR count). The zero-order valence-corrected chi connectivity index (χ0v) is 16.1. The number of unbranched alkanes of at least 4 members (excludes halogenated alkanes) is 1. The lowest BCUT2D eigenvalue weighted by Crippen LogP contribution is -2.11. The van der Waals surface area contributed by atoms with Gasteiger partial charge in [-0.3, -0.25) is 0 Å². The van der Waals surface area contributed by atoms with Gasteiger partial charge in [-0.15, -0.1) is 0 Å². The molecule has 1 saturated carbocycles. The van der Waals surface area contributed by atoms with Gasteiger partial charge in [-0.2, -0.15) is 5.26 Å². The van der Waals surface area contributed by atoms with Gasteiger partial charge in [0.05, 0.1) is 7.11 Å². The minimum absolute atomic E-state index is 0.530. The van der Waals surface area contributed by atoms with Crippen molar-refractivity contribution in [2.45, 2.75) is 64.2 Å². The Balaban J connectivity index is 2.20. The second-order valence-electron chi connectivity index (χ2n) is 7.32. The van der Waals surface area contributed by atoms with E-state index in [1.54, 1.807) is 7.11 Å². The Morgan fingerprint density at radius 2 is 1.85 bits per heavy atom. The van der Waals surface area contributed by atoms with Crippen molar-refractivity contribution in [3.8, 4) is 22.9 Å². The first-order chi connectivity index (χ1) is 12.8. The highest BCUT2D eigenvalue weighted by Gasteiger charge is 2.26. The van der Waals surface area contributed by atoms with Crippen molar-refractivity contribution >= 4 is 0 Å². The van der Waals surface area contributed by atoms with E-state index in [9.17, 15) is 5.26 Å². The quantitative estimate of drug-likeness (QED) is 0.588. The molecule has 1 fully saturated rings. The van der Waals surface area contributed by atoms with Crippen molar-refractivity contribution in [1.29, 1.82) is 5.26 Å². The van der Waals surface area contributed by atoms with Crippen molar-refractivity contribution in [2.75, 3.05) is 7.11 Å². The molecule has 1 aliphatic rings. The molecule has 2 aromatic rings. The number of methoxy groups -OCH3 is 1. The molecule has 2 heteroatoms. The third-order valence-electron chi connectivity index (χ3n) is 5.62. The van der Waals surface area contributed by atoms with Crippen LogP contribution in [0.4, 0.5) is 0 Å². The summed E-state index contributed by atoms with van der Waals surface area (Å²) < 4.78 is 5.88. The van der Waals surface area contributed by atoms with Crippen molar-refractivity contribution in [2.24, 2.45) is 0 Å². The van der Waals surface area contributed by atoms with E-state index in [1.165, 1.54) is 56.1 Å². The predicted octanol–water partition coefficient (Wildman–Crippen LogP) is 6.62. The summed E-state index contributed by atoms with van der Waals surface area (Å²) >= 11 is 0. The molecule has 0 N–H and O–H groups in total. The number of hydrogen-bond acceptors (Lipinski definition) is 2. The number of aryl methyl sites for hydroxylation is 1. The van der Waals surface area contributed by atoms with E-state index in [0.717, 1.165) is 23.3 Å². The van der Waals surface area contributed by atoms with Crippen molar-refractivity contribution < 1.29 is 4.74 Å². The maximum absolute atomic E-state index is 9.95. The van der Waals surface area contributed by atoms with Gasteiger partial charge in [0, 0.05) is 11.1 Å². The highest BCUT2D eigenvalue weighted by atomic mass is 16.5. The number of benzene rings is 2. The van der Waals surface area contributed by atoms with E-state index in [4.69, 9.17) is 4.74 Å². The molecule has 2 nitrogen and oxygen atoms in total. The van der Waals surface area contributed by atoms with Crippen LogP contribution in [0.15, 0.2) is 36.4 Å². The Hall–Kier alpha value is -2.27. The first-order valence-electron chi connectivity index (χ1n) is 9.99. The lowest BCUT2D eigenvalue weighted by Gasteiger charge is -2.28. The molecule has 136 valence electrons. The molecule has 0 spiro atoms. The third-order valence-corrected chi connectivity index (χ3v) is 5.62. The van der Waals surface area contributed by atoms with E-state index >= 15 is 0 Å². The largest absolute Gasteiger partial charge is 0.495 e. The maximum Gasteiger partial charge on any atom is 0.140 e. The van der Waals surface area contributed by atoms with Crippen LogP contribution in [0.25, 0.3) is 11.1 Å². The molecule has 1 aliphatic carbocycles. The van der Waals surface area contributed by atoms with Gasteiger partial charge in [0.25, 0.3) is 0 Å². The minimum atomic E-state index is 0.530. The van der Waals surface area contributed by atoms with Crippen LogP contribution in [-0.2, 0) is 6.42 Å². The van der Waals surface area contributed by atoms with Gasteiger partial charge in [0.15, 0.2) is 0 Å². The molecule has 0 unspecified atom stereocenters. The van der Waals surface area contributed by atoms with Gasteiger partial charge in [-0.05, 0) is 48.8 Å². The first-order valence-corrected chi connectivity index (χ1v) is 9.99. The van der Waals surface area contributed by atoms with Gasteiger partial charge in [-0.1, -0.05) is 62.9 Å². The van der Waals surface area contributed by atoms with Crippen LogP contribution in [0.5, 0.6) is 5.75 Å². The molecule has 0 saturated heterocycles. The van der Waals surface area contributed by atoms with E-state index < -0.39 is 0 Å². The van der Waals surface area contributed by atoms with Crippen LogP contribution in [-0.4, -0.2) is 7.11 Å². The average molecular weight is 348 g/mol. The van der Waals surface area contributed by atoms with Gasteiger partial charge in [0.1, 0.15) is 17.4 Å². The summed E-state index contributed by atoms with van der Waals surface area (Å²) in [7, 11) is 1.72. The smallest absolute Gasteiger partial charge is 0.140 e. The average Bonchev–Trinajstić information content (AvgIpc) is 2.72. The van der Waals surface area contributed by atoms with Crippen LogP contribution in [0, 0.1) is 11.3 Å². The normalized spacial score (nSPS) is 14.8. The van der Waals surface area contributed by atoms with Gasteiger partial charge in [-0.25, -0.2) is 0 Å². The predicted molar refractivity (Wildman–Crippen MR) is 108 cm³/mol. The van der Waals surface area contributed by atoms with Crippen molar-refractivity contribution in [3.05, 3.63) is 53.1 Å². The van der Waals surface area contributed by atoms with Crippen LogP contribution in [0.2, 0.25) is 0 Å². The molecule has 0 amide bonds. The standard InChI is InChI=1S/C24H29NO/c1-3-4-11-20-16-21(18-12-7-5-8-13-18)22(17-25)24(26-2)23(20)19-14-9-6-10-15-19/h5,7-8,12-13,16,19H,3-4,6,9-11,14-15H2,1-2H3. The van der Waals surface area contributed by atoms with E-state index in [-0.39, 0.29) is 0 Å². The molecular formula is C24H29NO. The molecular weight excluding hydrogens is 318 g/mol. The fourth-order valence-corrected chi connectivity index (χ4v) is 4.31. The van der Waals surface area contributed by atoms with Crippen LogP contribution in [0.3, 0.4) is 0 Å². The Labute approximate surface area is 157 Å². The van der Waals surface area contributed by atoms with Gasteiger partial charge < -0.3 is 4.74 Å². The summed E-state index contributed by atoms with van der Waals surface area (Å²) in [5, 5.41) is 9.95. The summed E-state index contributed by atoms with van der Waals surface area (Å²) in [5.74, 6) is 1.36. The topological polar surface area (TPSA) is 33.0 Å². The lowest BCUT2D eigenvalue weighted by atomic mass is 9.78. The van der Waals surface area contributed by atoms with Gasteiger partial charge >= 0.3 is 0 Å². The second-order valence-corrected chi connectivity index (χ2v) is 7.32. The summed E-state index contributed by atoms with van der Waals surface area (Å²) in [6.45, 7) is 2.24. The highest BCUT2D eigenvalue weighted by molar-refractivity contribution is 5.76. The fourth-order valence-electron chi connectivity index (χ4n) is 4.31. The molecule has 0 bridgehead atoms. The van der Waals surface area contributed by atoms with Crippen molar-refractivity contribution in [1.82, 2.24) is 0 Å². The molecule has 0 aromatic heterocycles. The fraction of sp³-hybridized carbons (Fsp3) is 0.458. The molecule has 0 atom stereocenters. The van der Waals surface area contributed by atoms with Crippen LogP contribution >= 0.6 is 0 Å². The Morgan fingerprint density at radius 3 is 2.46 bits per heavy atom. The molecule has 0 radical (unpaired) electrons. The molecule has 2 aromatic carbocycles. The molecule has 26 heavy (non-hydrogen) atoms. The summed E-state index contributed by atoms with van der Waals surface area (Å²) in [6, 6.07) is 15.0. The maximum atomic E-state index is 9.95. The SMILES string of the molecule is CCCCc1cc(-c2ccccc2)c(C#N)c(OC)c1C1CCCCC1. The number of rotatable bonds is 6. The second kappa shape index (κ2) is 8.90. The summed E-state index contributed by atoms with van der Waals surface area (Å²) in [5.41, 5.74) is 5.50. The number of nitrogens with zero attached hydrogens (tertiary/aromatic N) is 1. The Morgan fingerprint density at radius 1 is 1.12 bits per heavy atom. The molecule has 0 aliphatic heterocycles. The zero-order valence-electron chi connectivity index (χ0n) is 16.1. The number of nitriles is 1. The Kier molecular flexibility index (Phi) is 6.34. The summed E-state index contributed by atoms with van der Waals surface area (Å²) in [4.78, 5) is 0. The van der Waals surface area contributed by atoms with Crippen LogP contribution in [0.1, 0.15) is 74.5 Å². The van der Waals surface area contributed by atoms with E-state index in [2.05, 4.69) is 31.2 Å². The van der Waals surface area contributed by atoms with Gasteiger partial charge in [0.2, 0.25) is 0 Å². The van der Waals surface area contributed by atoms with Crippen LogP contribution < -0.4 is 4.74 Å². The number of ether oxygens (including phenoxy) is 1. The lowest BCUT2D eigenvalue weighted by molar-refractivity contribution is 0.384. The zero-order chi connectivity index (χ0) is 18.4. The monoisotopic (exact) mass is 347 g/mol. The first kappa shape index (κ1) is 18.5.